The van der Waals surface area contributed by atoms with Gasteiger partial charge in [0.15, 0.2) is 5.78 Å². The summed E-state index contributed by atoms with van der Waals surface area (Å²) in [6.07, 6.45) is 0.142. The molecule has 0 spiro atoms. The first-order valence-electron chi connectivity index (χ1n) is 6.77. The Labute approximate surface area is 116 Å². The number of carbonyl (C=O) groups excluding carboxylic acids is 1. The second-order valence-electron chi connectivity index (χ2n) is 6.17. The van der Waals surface area contributed by atoms with Crippen LogP contribution in [0.5, 0.6) is 5.75 Å². The summed E-state index contributed by atoms with van der Waals surface area (Å²) in [7, 11) is 0. The predicted molar refractivity (Wildman–Crippen MR) is 78.9 cm³/mol. The quantitative estimate of drug-likeness (QED) is 0.827. The lowest BCUT2D eigenvalue weighted by molar-refractivity contribution is 0.0935. The lowest BCUT2D eigenvalue weighted by Gasteiger charge is -2.25. The van der Waals surface area contributed by atoms with Crippen LogP contribution < -0.4 is 10.1 Å². The summed E-state index contributed by atoms with van der Waals surface area (Å²) < 4.78 is 5.56. The maximum atomic E-state index is 12.3. The molecule has 0 heterocycles. The zero-order valence-corrected chi connectivity index (χ0v) is 12.8. The van der Waals surface area contributed by atoms with Crippen LogP contribution in [0.15, 0.2) is 24.3 Å². The van der Waals surface area contributed by atoms with E-state index in [9.17, 15) is 4.79 Å². The molecular weight excluding hydrogens is 238 g/mol. The number of hydrogen-bond donors (Lipinski definition) is 1. The average molecular weight is 263 g/mol. The maximum Gasteiger partial charge on any atom is 0.179 e. The van der Waals surface area contributed by atoms with Crippen molar-refractivity contribution in [2.75, 3.05) is 0 Å². The van der Waals surface area contributed by atoms with Crippen molar-refractivity contribution in [3.8, 4) is 5.75 Å². The Balaban J connectivity index is 2.72. The Kier molecular flexibility index (Phi) is 5.12. The minimum atomic E-state index is -0.197. The van der Waals surface area contributed by atoms with Gasteiger partial charge in [0.05, 0.1) is 12.1 Å². The Bertz CT molecular complexity index is 415. The van der Waals surface area contributed by atoms with Crippen molar-refractivity contribution in [3.63, 3.8) is 0 Å². The molecule has 0 amide bonds. The summed E-state index contributed by atoms with van der Waals surface area (Å²) >= 11 is 0. The highest BCUT2D eigenvalue weighted by molar-refractivity contribution is 6.00. The van der Waals surface area contributed by atoms with E-state index in [0.717, 1.165) is 5.75 Å². The number of rotatable bonds is 5. The molecule has 1 aromatic carbocycles. The number of carbonyl (C=O) groups is 1. The van der Waals surface area contributed by atoms with E-state index in [1.54, 1.807) is 0 Å². The third kappa shape index (κ3) is 5.43. The van der Waals surface area contributed by atoms with E-state index in [1.165, 1.54) is 0 Å². The van der Waals surface area contributed by atoms with Crippen LogP contribution in [0.2, 0.25) is 0 Å². The Hall–Kier alpha value is -1.35. The molecule has 0 fully saturated rings. The van der Waals surface area contributed by atoms with Gasteiger partial charge in [0.25, 0.3) is 0 Å². The summed E-state index contributed by atoms with van der Waals surface area (Å²) in [6.45, 7) is 12.0. The monoisotopic (exact) mass is 263 g/mol. The SMILES string of the molecule is CC(C)Oc1ccc(C(=O)C(C)NC(C)(C)C)cc1. The highest BCUT2D eigenvalue weighted by Crippen LogP contribution is 2.15. The van der Waals surface area contributed by atoms with Gasteiger partial charge in [-0.25, -0.2) is 0 Å². The van der Waals surface area contributed by atoms with Crippen molar-refractivity contribution in [2.45, 2.75) is 59.2 Å². The van der Waals surface area contributed by atoms with E-state index in [2.05, 4.69) is 26.1 Å². The lowest BCUT2D eigenvalue weighted by atomic mass is 10.0. The van der Waals surface area contributed by atoms with Crippen LogP contribution in [-0.4, -0.2) is 23.5 Å². The van der Waals surface area contributed by atoms with Gasteiger partial charge in [-0.05, 0) is 65.8 Å². The molecular formula is C16H25NO2. The highest BCUT2D eigenvalue weighted by Gasteiger charge is 2.20. The van der Waals surface area contributed by atoms with Crippen LogP contribution in [0, 0.1) is 0 Å². The smallest absolute Gasteiger partial charge is 0.179 e. The second-order valence-corrected chi connectivity index (χ2v) is 6.17. The van der Waals surface area contributed by atoms with E-state index in [-0.39, 0.29) is 23.5 Å². The van der Waals surface area contributed by atoms with Gasteiger partial charge in [-0.15, -0.1) is 0 Å². The molecule has 3 heteroatoms. The fourth-order valence-corrected chi connectivity index (χ4v) is 1.94. The van der Waals surface area contributed by atoms with Crippen molar-refractivity contribution < 1.29 is 9.53 Å². The summed E-state index contributed by atoms with van der Waals surface area (Å²) in [5, 5.41) is 3.28. The molecule has 1 unspecified atom stereocenters. The third-order valence-corrected chi connectivity index (χ3v) is 2.55. The zero-order valence-electron chi connectivity index (χ0n) is 12.8. The van der Waals surface area contributed by atoms with Gasteiger partial charge >= 0.3 is 0 Å². The molecule has 1 aromatic rings. The average Bonchev–Trinajstić information content (AvgIpc) is 2.26. The number of benzene rings is 1. The van der Waals surface area contributed by atoms with Crippen LogP contribution >= 0.6 is 0 Å². The van der Waals surface area contributed by atoms with E-state index >= 15 is 0 Å². The molecule has 1 atom stereocenters. The van der Waals surface area contributed by atoms with Crippen LogP contribution in [0.1, 0.15) is 51.9 Å². The van der Waals surface area contributed by atoms with Gasteiger partial charge in [-0.3, -0.25) is 4.79 Å². The fourth-order valence-electron chi connectivity index (χ4n) is 1.94. The summed E-state index contributed by atoms with van der Waals surface area (Å²) in [4.78, 5) is 12.3. The van der Waals surface area contributed by atoms with Crippen LogP contribution in [0.4, 0.5) is 0 Å². The molecule has 3 nitrogen and oxygen atoms in total. The minimum Gasteiger partial charge on any atom is -0.491 e. The summed E-state index contributed by atoms with van der Waals surface area (Å²) in [5.41, 5.74) is 0.635. The van der Waals surface area contributed by atoms with Crippen molar-refractivity contribution in [1.82, 2.24) is 5.32 Å². The highest BCUT2D eigenvalue weighted by atomic mass is 16.5. The minimum absolute atomic E-state index is 0.0736. The molecule has 106 valence electrons. The van der Waals surface area contributed by atoms with Crippen molar-refractivity contribution >= 4 is 5.78 Å². The number of ketones is 1. The molecule has 1 N–H and O–H groups in total. The van der Waals surface area contributed by atoms with Crippen LogP contribution in [0.25, 0.3) is 0 Å². The number of nitrogens with one attached hydrogen (secondary N) is 1. The fraction of sp³-hybridized carbons (Fsp3) is 0.562. The van der Waals surface area contributed by atoms with Crippen molar-refractivity contribution in [3.05, 3.63) is 29.8 Å². The van der Waals surface area contributed by atoms with Crippen LogP contribution in [-0.2, 0) is 0 Å². The number of ether oxygens (including phenoxy) is 1. The zero-order chi connectivity index (χ0) is 14.6. The summed E-state index contributed by atoms with van der Waals surface area (Å²) in [6, 6.07) is 7.13. The Morgan fingerprint density at radius 1 is 1.11 bits per heavy atom. The normalized spacial score (nSPS) is 13.4. The number of hydrogen-bond acceptors (Lipinski definition) is 3. The molecule has 19 heavy (non-hydrogen) atoms. The van der Waals surface area contributed by atoms with Crippen LogP contribution in [0.3, 0.4) is 0 Å². The standard InChI is InChI=1S/C16H25NO2/c1-11(2)19-14-9-7-13(8-10-14)15(18)12(3)17-16(4,5)6/h7-12,17H,1-6H3. The lowest BCUT2D eigenvalue weighted by Crippen LogP contribution is -2.46. The molecule has 0 aliphatic rings. The first kappa shape index (κ1) is 15.7. The van der Waals surface area contributed by atoms with Crippen molar-refractivity contribution in [2.24, 2.45) is 0 Å². The molecule has 0 aromatic heterocycles. The summed E-state index contributed by atoms with van der Waals surface area (Å²) in [5.74, 6) is 0.897. The number of Topliss-reactive ketones (excluding diaryl/α,β-unsaturated/α-hetero) is 1. The molecule has 0 saturated carbocycles. The molecule has 0 saturated heterocycles. The van der Waals surface area contributed by atoms with E-state index in [1.807, 2.05) is 45.0 Å². The third-order valence-electron chi connectivity index (χ3n) is 2.55. The Morgan fingerprint density at radius 2 is 1.63 bits per heavy atom. The first-order valence-corrected chi connectivity index (χ1v) is 6.77. The maximum absolute atomic E-state index is 12.3. The molecule has 1 rings (SSSR count). The largest absolute Gasteiger partial charge is 0.491 e. The predicted octanol–water partition coefficient (Wildman–Crippen LogP) is 3.43. The Morgan fingerprint density at radius 3 is 2.05 bits per heavy atom. The van der Waals surface area contributed by atoms with E-state index in [4.69, 9.17) is 4.74 Å². The van der Waals surface area contributed by atoms with Gasteiger partial charge in [0, 0.05) is 11.1 Å². The van der Waals surface area contributed by atoms with Gasteiger partial charge < -0.3 is 10.1 Å². The topological polar surface area (TPSA) is 38.3 Å². The molecule has 0 aliphatic carbocycles. The molecule has 0 radical (unpaired) electrons. The van der Waals surface area contributed by atoms with E-state index in [0.29, 0.717) is 5.56 Å². The van der Waals surface area contributed by atoms with Gasteiger partial charge in [0.2, 0.25) is 0 Å². The van der Waals surface area contributed by atoms with E-state index < -0.39 is 0 Å². The second kappa shape index (κ2) is 6.20. The first-order chi connectivity index (χ1) is 8.69. The molecule has 0 bridgehead atoms. The van der Waals surface area contributed by atoms with Crippen molar-refractivity contribution in [1.29, 1.82) is 0 Å². The van der Waals surface area contributed by atoms with Gasteiger partial charge in [-0.2, -0.15) is 0 Å². The van der Waals surface area contributed by atoms with Gasteiger partial charge in [0.1, 0.15) is 5.75 Å². The molecule has 0 aliphatic heterocycles. The van der Waals surface area contributed by atoms with Gasteiger partial charge in [-0.1, -0.05) is 0 Å².